The van der Waals surface area contributed by atoms with Gasteiger partial charge in [0.2, 0.25) is 0 Å². The van der Waals surface area contributed by atoms with E-state index in [1.54, 1.807) is 0 Å². The molecule has 0 aromatic heterocycles. The minimum atomic E-state index is 0.278. The van der Waals surface area contributed by atoms with Gasteiger partial charge in [0, 0.05) is 12.1 Å². The van der Waals surface area contributed by atoms with Crippen molar-refractivity contribution in [3.63, 3.8) is 0 Å². The van der Waals surface area contributed by atoms with E-state index in [9.17, 15) is 0 Å². The van der Waals surface area contributed by atoms with E-state index >= 15 is 0 Å². The highest BCUT2D eigenvalue weighted by Crippen LogP contribution is 2.29. The predicted octanol–water partition coefficient (Wildman–Crippen LogP) is 6.40. The Balaban J connectivity index is 1.66. The van der Waals surface area contributed by atoms with Crippen LogP contribution in [-0.2, 0) is 0 Å². The number of hydrogen-bond acceptors (Lipinski definition) is 1. The Morgan fingerprint density at radius 2 is 0.920 bits per heavy atom. The molecule has 0 radical (unpaired) electrons. The second-order valence-electron chi connectivity index (χ2n) is 6.75. The second kappa shape index (κ2) is 6.70. The standard InChI is InChI=1S/C24H23N/c1-17(21-15-7-11-19-9-3-5-13-23(19)21)25-18(2)22-16-8-12-20-10-4-6-14-24(20)22/h3-18,25H,1-2H3. The smallest absolute Gasteiger partial charge is 0.0303 e. The molecule has 2 unspecified atom stereocenters. The number of benzene rings is 4. The first-order valence-electron chi connectivity index (χ1n) is 8.95. The van der Waals surface area contributed by atoms with E-state index in [-0.39, 0.29) is 12.1 Å². The summed E-state index contributed by atoms with van der Waals surface area (Å²) in [5, 5.41) is 9.05. The molecule has 124 valence electrons. The number of rotatable bonds is 4. The maximum atomic E-state index is 3.80. The third kappa shape index (κ3) is 3.04. The number of fused-ring (bicyclic) bond motifs is 2. The highest BCUT2D eigenvalue weighted by atomic mass is 14.9. The van der Waals surface area contributed by atoms with Gasteiger partial charge in [-0.2, -0.15) is 0 Å². The van der Waals surface area contributed by atoms with Gasteiger partial charge in [-0.3, -0.25) is 0 Å². The molecule has 0 fully saturated rings. The molecular weight excluding hydrogens is 302 g/mol. The molecule has 4 aromatic rings. The van der Waals surface area contributed by atoms with Gasteiger partial charge in [-0.25, -0.2) is 0 Å². The van der Waals surface area contributed by atoms with E-state index in [4.69, 9.17) is 0 Å². The SMILES string of the molecule is CC(NC(C)c1cccc2ccccc12)c1cccc2ccccc12. The van der Waals surface area contributed by atoms with Crippen LogP contribution in [0.2, 0.25) is 0 Å². The maximum absolute atomic E-state index is 3.80. The summed E-state index contributed by atoms with van der Waals surface area (Å²) in [6.07, 6.45) is 0. The summed E-state index contributed by atoms with van der Waals surface area (Å²) in [7, 11) is 0. The summed E-state index contributed by atoms with van der Waals surface area (Å²) >= 11 is 0. The zero-order valence-electron chi connectivity index (χ0n) is 14.7. The van der Waals surface area contributed by atoms with Crippen LogP contribution in [-0.4, -0.2) is 0 Å². The molecule has 0 heterocycles. The van der Waals surface area contributed by atoms with E-state index < -0.39 is 0 Å². The zero-order valence-corrected chi connectivity index (χ0v) is 14.7. The normalized spacial score (nSPS) is 13.8. The van der Waals surface area contributed by atoms with Gasteiger partial charge in [0.25, 0.3) is 0 Å². The molecule has 0 saturated carbocycles. The Bertz CT molecular complexity index is 925. The van der Waals surface area contributed by atoms with E-state index in [1.165, 1.54) is 32.7 Å². The molecule has 4 rings (SSSR count). The minimum absolute atomic E-state index is 0.278. The predicted molar refractivity (Wildman–Crippen MR) is 108 cm³/mol. The fraction of sp³-hybridized carbons (Fsp3) is 0.167. The molecule has 0 aliphatic heterocycles. The summed E-state index contributed by atoms with van der Waals surface area (Å²) < 4.78 is 0. The fourth-order valence-electron chi connectivity index (χ4n) is 3.81. The lowest BCUT2D eigenvalue weighted by Crippen LogP contribution is -2.22. The molecule has 0 saturated heterocycles. The molecule has 0 aliphatic rings. The Morgan fingerprint density at radius 1 is 0.520 bits per heavy atom. The molecule has 0 aliphatic carbocycles. The minimum Gasteiger partial charge on any atom is -0.304 e. The molecule has 2 atom stereocenters. The van der Waals surface area contributed by atoms with Gasteiger partial charge < -0.3 is 5.32 Å². The molecule has 0 amide bonds. The Kier molecular flexibility index (Phi) is 4.25. The molecule has 0 bridgehead atoms. The van der Waals surface area contributed by atoms with Crippen molar-refractivity contribution in [1.82, 2.24) is 5.32 Å². The van der Waals surface area contributed by atoms with Crippen LogP contribution in [0.4, 0.5) is 0 Å². The van der Waals surface area contributed by atoms with Gasteiger partial charge in [-0.15, -0.1) is 0 Å². The summed E-state index contributed by atoms with van der Waals surface area (Å²) in [6, 6.07) is 30.9. The van der Waals surface area contributed by atoms with Gasteiger partial charge in [-0.1, -0.05) is 84.9 Å². The first-order valence-corrected chi connectivity index (χ1v) is 8.95. The van der Waals surface area contributed by atoms with Crippen LogP contribution in [0, 0.1) is 0 Å². The largest absolute Gasteiger partial charge is 0.304 e. The number of hydrogen-bond donors (Lipinski definition) is 1. The summed E-state index contributed by atoms with van der Waals surface area (Å²) in [5.41, 5.74) is 2.70. The third-order valence-electron chi connectivity index (χ3n) is 5.08. The maximum Gasteiger partial charge on any atom is 0.0303 e. The highest BCUT2D eigenvalue weighted by molar-refractivity contribution is 5.87. The lowest BCUT2D eigenvalue weighted by atomic mass is 9.96. The van der Waals surface area contributed by atoms with Crippen LogP contribution in [0.5, 0.6) is 0 Å². The van der Waals surface area contributed by atoms with Gasteiger partial charge >= 0.3 is 0 Å². The van der Waals surface area contributed by atoms with Crippen LogP contribution in [0.15, 0.2) is 84.9 Å². The second-order valence-corrected chi connectivity index (χ2v) is 6.75. The highest BCUT2D eigenvalue weighted by Gasteiger charge is 2.14. The van der Waals surface area contributed by atoms with Gasteiger partial charge in [-0.05, 0) is 46.5 Å². The van der Waals surface area contributed by atoms with Crippen molar-refractivity contribution in [2.24, 2.45) is 0 Å². The molecule has 4 aromatic carbocycles. The van der Waals surface area contributed by atoms with Crippen molar-refractivity contribution in [1.29, 1.82) is 0 Å². The molecule has 25 heavy (non-hydrogen) atoms. The lowest BCUT2D eigenvalue weighted by molar-refractivity contribution is 0.499. The Morgan fingerprint density at radius 3 is 1.40 bits per heavy atom. The van der Waals surface area contributed by atoms with Crippen LogP contribution < -0.4 is 5.32 Å². The van der Waals surface area contributed by atoms with Gasteiger partial charge in [0.15, 0.2) is 0 Å². The van der Waals surface area contributed by atoms with E-state index in [0.717, 1.165) is 0 Å². The molecule has 1 heteroatoms. The first kappa shape index (κ1) is 15.9. The van der Waals surface area contributed by atoms with Crippen LogP contribution in [0.3, 0.4) is 0 Å². The van der Waals surface area contributed by atoms with Crippen LogP contribution in [0.1, 0.15) is 37.1 Å². The van der Waals surface area contributed by atoms with Crippen molar-refractivity contribution < 1.29 is 0 Å². The van der Waals surface area contributed by atoms with E-state index in [0.29, 0.717) is 0 Å². The van der Waals surface area contributed by atoms with Gasteiger partial charge in [0.05, 0.1) is 0 Å². The third-order valence-corrected chi connectivity index (χ3v) is 5.08. The molecule has 1 N–H and O–H groups in total. The van der Waals surface area contributed by atoms with E-state index in [1.807, 2.05) is 0 Å². The molecule has 0 spiro atoms. The Labute approximate surface area is 149 Å². The molecular formula is C24H23N. The van der Waals surface area contributed by atoms with Crippen molar-refractivity contribution in [2.75, 3.05) is 0 Å². The van der Waals surface area contributed by atoms with Crippen LogP contribution in [0.25, 0.3) is 21.5 Å². The quantitative estimate of drug-likeness (QED) is 0.457. The monoisotopic (exact) mass is 325 g/mol. The average Bonchev–Trinajstić information content (AvgIpc) is 2.67. The topological polar surface area (TPSA) is 12.0 Å². The summed E-state index contributed by atoms with van der Waals surface area (Å²) in [4.78, 5) is 0. The summed E-state index contributed by atoms with van der Waals surface area (Å²) in [6.45, 7) is 4.51. The van der Waals surface area contributed by atoms with E-state index in [2.05, 4.69) is 104 Å². The first-order chi connectivity index (χ1) is 12.2. The lowest BCUT2D eigenvalue weighted by Gasteiger charge is -2.23. The molecule has 1 nitrogen and oxygen atoms in total. The zero-order chi connectivity index (χ0) is 17.2. The fourth-order valence-corrected chi connectivity index (χ4v) is 3.81. The van der Waals surface area contributed by atoms with Crippen molar-refractivity contribution in [2.45, 2.75) is 25.9 Å². The summed E-state index contributed by atoms with van der Waals surface area (Å²) in [5.74, 6) is 0. The van der Waals surface area contributed by atoms with Crippen molar-refractivity contribution in [3.8, 4) is 0 Å². The Hall–Kier alpha value is -2.64. The number of nitrogens with one attached hydrogen (secondary N) is 1. The average molecular weight is 325 g/mol. The van der Waals surface area contributed by atoms with Gasteiger partial charge in [0.1, 0.15) is 0 Å². The van der Waals surface area contributed by atoms with Crippen molar-refractivity contribution in [3.05, 3.63) is 96.1 Å². The van der Waals surface area contributed by atoms with Crippen molar-refractivity contribution >= 4 is 21.5 Å². The van der Waals surface area contributed by atoms with Crippen LogP contribution >= 0.6 is 0 Å².